The number of carbonyl (C=O) groups excluding carboxylic acids is 2. The van der Waals surface area contributed by atoms with Gasteiger partial charge in [-0.3, -0.25) is 9.59 Å². The van der Waals surface area contributed by atoms with Gasteiger partial charge in [-0.05, 0) is 35.7 Å². The number of nitrogens with one attached hydrogen (secondary N) is 2. The van der Waals surface area contributed by atoms with Gasteiger partial charge in [-0.15, -0.1) is 0 Å². The van der Waals surface area contributed by atoms with Crippen LogP contribution in [0.4, 0.5) is 0 Å². The lowest BCUT2D eigenvalue weighted by Crippen LogP contribution is -2.41. The van der Waals surface area contributed by atoms with Crippen LogP contribution >= 0.6 is 11.3 Å². The third kappa shape index (κ3) is 3.40. The Morgan fingerprint density at radius 1 is 1.61 bits per heavy atom. The van der Waals surface area contributed by atoms with Crippen molar-refractivity contribution >= 4 is 28.9 Å². The number of rotatable bonds is 4. The Kier molecular flexibility index (Phi) is 4.09. The summed E-state index contributed by atoms with van der Waals surface area (Å²) >= 11 is 1.64. The molecule has 2 rings (SSSR count). The molecule has 0 aliphatic carbocycles. The van der Waals surface area contributed by atoms with Crippen LogP contribution in [0.3, 0.4) is 0 Å². The Morgan fingerprint density at radius 2 is 2.44 bits per heavy atom. The lowest BCUT2D eigenvalue weighted by molar-refractivity contribution is -0.121. The number of hydrazone groups is 1. The molecule has 1 aliphatic heterocycles. The van der Waals surface area contributed by atoms with Gasteiger partial charge >= 0.3 is 0 Å². The van der Waals surface area contributed by atoms with E-state index < -0.39 is 0 Å². The summed E-state index contributed by atoms with van der Waals surface area (Å²) in [5.41, 5.74) is 3.93. The third-order valence-corrected chi connectivity index (χ3v) is 3.40. The van der Waals surface area contributed by atoms with E-state index in [9.17, 15) is 9.59 Å². The minimum Gasteiger partial charge on any atom is -0.348 e. The van der Waals surface area contributed by atoms with Gasteiger partial charge in [0.2, 0.25) is 5.91 Å². The standard InChI is InChI=1S/C12H15N3O2S/c1-8(6-9-4-5-18-7-9)13-12(17)10-2-3-11(16)15-14-10/h4-5,7-8H,2-3,6H2,1H3,(H,13,17)(H,15,16). The number of thiophene rings is 1. The molecule has 1 unspecified atom stereocenters. The summed E-state index contributed by atoms with van der Waals surface area (Å²) in [5.74, 6) is -0.337. The average Bonchev–Trinajstić information content (AvgIpc) is 2.82. The van der Waals surface area contributed by atoms with Crippen LogP contribution in [0.15, 0.2) is 21.9 Å². The Bertz CT molecular complexity index is 468. The van der Waals surface area contributed by atoms with E-state index in [4.69, 9.17) is 0 Å². The number of amides is 2. The van der Waals surface area contributed by atoms with Crippen molar-refractivity contribution in [3.05, 3.63) is 22.4 Å². The van der Waals surface area contributed by atoms with Crippen molar-refractivity contribution in [2.75, 3.05) is 0 Å². The lowest BCUT2D eigenvalue weighted by atomic mass is 10.1. The third-order valence-electron chi connectivity index (χ3n) is 2.67. The molecular weight excluding hydrogens is 250 g/mol. The average molecular weight is 265 g/mol. The molecule has 2 heterocycles. The van der Waals surface area contributed by atoms with Crippen molar-refractivity contribution in [1.29, 1.82) is 0 Å². The maximum Gasteiger partial charge on any atom is 0.267 e. The molecule has 0 aromatic carbocycles. The maximum absolute atomic E-state index is 11.9. The monoisotopic (exact) mass is 265 g/mol. The van der Waals surface area contributed by atoms with Crippen LogP contribution in [0.25, 0.3) is 0 Å². The summed E-state index contributed by atoms with van der Waals surface area (Å²) < 4.78 is 0. The van der Waals surface area contributed by atoms with E-state index in [0.717, 1.165) is 6.42 Å². The van der Waals surface area contributed by atoms with Crippen molar-refractivity contribution in [3.63, 3.8) is 0 Å². The molecule has 2 N–H and O–H groups in total. The Morgan fingerprint density at radius 3 is 3.06 bits per heavy atom. The number of hydrogen-bond acceptors (Lipinski definition) is 4. The molecule has 1 atom stereocenters. The predicted molar refractivity (Wildman–Crippen MR) is 70.4 cm³/mol. The summed E-state index contributed by atoms with van der Waals surface area (Å²) in [7, 11) is 0. The first-order chi connectivity index (χ1) is 8.65. The quantitative estimate of drug-likeness (QED) is 0.854. The molecule has 0 saturated carbocycles. The summed E-state index contributed by atoms with van der Waals surface area (Å²) in [4.78, 5) is 22.8. The second-order valence-corrected chi connectivity index (χ2v) is 5.08. The van der Waals surface area contributed by atoms with Crippen LogP contribution < -0.4 is 10.7 Å². The normalized spacial score (nSPS) is 16.7. The first-order valence-corrected chi connectivity index (χ1v) is 6.77. The summed E-state index contributed by atoms with van der Waals surface area (Å²) in [6.45, 7) is 1.96. The molecule has 1 aromatic rings. The van der Waals surface area contributed by atoms with Crippen molar-refractivity contribution in [3.8, 4) is 0 Å². The van der Waals surface area contributed by atoms with Crippen LogP contribution in [-0.4, -0.2) is 23.6 Å². The van der Waals surface area contributed by atoms with E-state index >= 15 is 0 Å². The smallest absolute Gasteiger partial charge is 0.267 e. The Hall–Kier alpha value is -1.69. The van der Waals surface area contributed by atoms with Crippen molar-refractivity contribution in [2.24, 2.45) is 5.10 Å². The van der Waals surface area contributed by atoms with Gasteiger partial charge in [0, 0.05) is 18.9 Å². The molecule has 0 saturated heterocycles. The fourth-order valence-electron chi connectivity index (χ4n) is 1.76. The van der Waals surface area contributed by atoms with Crippen LogP contribution in [0.2, 0.25) is 0 Å². The van der Waals surface area contributed by atoms with E-state index in [1.54, 1.807) is 11.3 Å². The zero-order chi connectivity index (χ0) is 13.0. The topological polar surface area (TPSA) is 70.6 Å². The fourth-order valence-corrected chi connectivity index (χ4v) is 2.44. The minimum absolute atomic E-state index is 0.0485. The minimum atomic E-state index is -0.197. The molecule has 96 valence electrons. The Balaban J connectivity index is 1.85. The number of carbonyl (C=O) groups is 2. The summed E-state index contributed by atoms with van der Waals surface area (Å²) in [6, 6.07) is 2.10. The maximum atomic E-state index is 11.9. The molecule has 0 spiro atoms. The SMILES string of the molecule is CC(Cc1ccsc1)NC(=O)C1=NNC(=O)CC1. The largest absolute Gasteiger partial charge is 0.348 e. The van der Waals surface area contributed by atoms with Crippen LogP contribution in [0.5, 0.6) is 0 Å². The fraction of sp³-hybridized carbons (Fsp3) is 0.417. The highest BCUT2D eigenvalue weighted by Gasteiger charge is 2.19. The van der Waals surface area contributed by atoms with E-state index in [-0.39, 0.29) is 17.9 Å². The van der Waals surface area contributed by atoms with E-state index in [0.29, 0.717) is 18.6 Å². The molecule has 1 aliphatic rings. The molecule has 18 heavy (non-hydrogen) atoms. The summed E-state index contributed by atoms with van der Waals surface area (Å²) in [5, 5.41) is 10.7. The molecule has 0 radical (unpaired) electrons. The van der Waals surface area contributed by atoms with E-state index in [1.165, 1.54) is 5.56 Å². The first-order valence-electron chi connectivity index (χ1n) is 5.82. The summed E-state index contributed by atoms with van der Waals surface area (Å²) in [6.07, 6.45) is 1.53. The number of hydrogen-bond donors (Lipinski definition) is 2. The van der Waals surface area contributed by atoms with Gasteiger partial charge < -0.3 is 5.32 Å². The van der Waals surface area contributed by atoms with Crippen molar-refractivity contribution < 1.29 is 9.59 Å². The highest BCUT2D eigenvalue weighted by molar-refractivity contribution is 7.07. The molecule has 2 amide bonds. The van der Waals surface area contributed by atoms with Gasteiger partial charge in [0.05, 0.1) is 0 Å². The lowest BCUT2D eigenvalue weighted by Gasteiger charge is -2.16. The molecule has 5 nitrogen and oxygen atoms in total. The van der Waals surface area contributed by atoms with E-state index in [2.05, 4.69) is 21.2 Å². The second-order valence-electron chi connectivity index (χ2n) is 4.30. The van der Waals surface area contributed by atoms with Crippen molar-refractivity contribution in [2.45, 2.75) is 32.2 Å². The van der Waals surface area contributed by atoms with E-state index in [1.807, 2.05) is 18.4 Å². The second kappa shape index (κ2) is 5.77. The van der Waals surface area contributed by atoms with Gasteiger partial charge in [-0.25, -0.2) is 5.43 Å². The first kappa shape index (κ1) is 12.8. The van der Waals surface area contributed by atoms with Crippen LogP contribution in [-0.2, 0) is 16.0 Å². The number of nitrogens with zero attached hydrogens (tertiary/aromatic N) is 1. The zero-order valence-electron chi connectivity index (χ0n) is 10.1. The van der Waals surface area contributed by atoms with Gasteiger partial charge in [0.25, 0.3) is 5.91 Å². The van der Waals surface area contributed by atoms with Gasteiger partial charge in [-0.1, -0.05) is 0 Å². The predicted octanol–water partition coefficient (Wildman–Crippen LogP) is 1.06. The highest BCUT2D eigenvalue weighted by Crippen LogP contribution is 2.08. The van der Waals surface area contributed by atoms with Gasteiger partial charge in [0.15, 0.2) is 0 Å². The highest BCUT2D eigenvalue weighted by atomic mass is 32.1. The molecule has 0 bridgehead atoms. The molecule has 1 aromatic heterocycles. The Labute approximate surface area is 109 Å². The van der Waals surface area contributed by atoms with Crippen LogP contribution in [0.1, 0.15) is 25.3 Å². The van der Waals surface area contributed by atoms with Crippen molar-refractivity contribution in [1.82, 2.24) is 10.7 Å². The zero-order valence-corrected chi connectivity index (χ0v) is 10.9. The van der Waals surface area contributed by atoms with Gasteiger partial charge in [-0.2, -0.15) is 16.4 Å². The molecule has 6 heteroatoms. The molecular formula is C12H15N3O2S. The van der Waals surface area contributed by atoms with Crippen LogP contribution in [0, 0.1) is 0 Å². The van der Waals surface area contributed by atoms with Gasteiger partial charge in [0.1, 0.15) is 5.71 Å². The molecule has 0 fully saturated rings.